The zero-order valence-corrected chi connectivity index (χ0v) is 15.9. The summed E-state index contributed by atoms with van der Waals surface area (Å²) < 4.78 is 12.3. The first kappa shape index (κ1) is 18.2. The van der Waals surface area contributed by atoms with Gasteiger partial charge in [-0.15, -0.1) is 0 Å². The van der Waals surface area contributed by atoms with Gasteiger partial charge in [-0.3, -0.25) is 0 Å². The van der Waals surface area contributed by atoms with E-state index in [9.17, 15) is 9.59 Å². The molecule has 5 nitrogen and oxygen atoms in total. The van der Waals surface area contributed by atoms with Gasteiger partial charge in [-0.2, -0.15) is 0 Å². The number of carbonyl (C=O) groups excluding carboxylic acids is 2. The van der Waals surface area contributed by atoms with Gasteiger partial charge in [0.2, 0.25) is 0 Å². The largest absolute Gasteiger partial charge is 0.455 e. The molecule has 1 aliphatic heterocycles. The molecule has 1 saturated carbocycles. The summed E-state index contributed by atoms with van der Waals surface area (Å²) in [6.07, 6.45) is 5.71. The molecule has 2 aliphatic rings. The summed E-state index contributed by atoms with van der Waals surface area (Å²) in [6.45, 7) is 1.52. The minimum absolute atomic E-state index is 0.267. The molecular formula is C19H24BrNO4. The third-order valence-corrected chi connectivity index (χ3v) is 5.38. The van der Waals surface area contributed by atoms with Crippen LogP contribution in [0.4, 0.5) is 4.79 Å². The molecule has 1 aromatic rings. The quantitative estimate of drug-likeness (QED) is 0.687. The number of hydrogen-bond acceptors (Lipinski definition) is 4. The Hall–Kier alpha value is -1.56. The van der Waals surface area contributed by atoms with E-state index in [0.29, 0.717) is 5.56 Å². The Bertz CT molecular complexity index is 598. The highest BCUT2D eigenvalue weighted by Crippen LogP contribution is 2.26. The monoisotopic (exact) mass is 409 g/mol. The highest BCUT2D eigenvalue weighted by Gasteiger charge is 2.33. The summed E-state index contributed by atoms with van der Waals surface area (Å²) >= 11 is 3.35. The number of hydrogen-bond donors (Lipinski definition) is 0. The van der Waals surface area contributed by atoms with E-state index in [1.54, 1.807) is 17.0 Å². The third-order valence-electron chi connectivity index (χ3n) is 4.85. The fourth-order valence-electron chi connectivity index (χ4n) is 3.40. The third kappa shape index (κ3) is 4.97. The molecule has 2 fully saturated rings. The Morgan fingerprint density at radius 1 is 0.880 bits per heavy atom. The second-order valence-corrected chi connectivity index (χ2v) is 7.62. The first-order valence-electron chi connectivity index (χ1n) is 9.05. The van der Waals surface area contributed by atoms with E-state index in [2.05, 4.69) is 15.9 Å². The maximum Gasteiger partial charge on any atom is 0.410 e. The minimum Gasteiger partial charge on any atom is -0.455 e. The number of likely N-dealkylation sites (tertiary alicyclic amines) is 1. The first-order chi connectivity index (χ1) is 12.1. The van der Waals surface area contributed by atoms with Crippen LogP contribution >= 0.6 is 15.9 Å². The summed E-state index contributed by atoms with van der Waals surface area (Å²) in [4.78, 5) is 26.5. The van der Waals surface area contributed by atoms with E-state index >= 15 is 0 Å². The van der Waals surface area contributed by atoms with Crippen LogP contribution in [0.5, 0.6) is 0 Å². The number of nitrogens with zero attached hydrogens (tertiary/aromatic N) is 1. The molecule has 0 radical (unpaired) electrons. The minimum atomic E-state index is -0.363. The molecule has 1 aromatic carbocycles. The van der Waals surface area contributed by atoms with Crippen LogP contribution in [0.15, 0.2) is 28.7 Å². The van der Waals surface area contributed by atoms with Crippen molar-refractivity contribution in [2.75, 3.05) is 13.1 Å². The van der Waals surface area contributed by atoms with Crippen LogP contribution < -0.4 is 0 Å². The Morgan fingerprint density at radius 2 is 1.48 bits per heavy atom. The zero-order chi connectivity index (χ0) is 17.6. The zero-order valence-electron chi connectivity index (χ0n) is 14.3. The second-order valence-electron chi connectivity index (χ2n) is 6.71. The van der Waals surface area contributed by atoms with Crippen LogP contribution in [0.3, 0.4) is 0 Å². The molecule has 0 spiro atoms. The van der Waals surface area contributed by atoms with Gasteiger partial charge in [0.1, 0.15) is 12.2 Å². The fourth-order valence-corrected chi connectivity index (χ4v) is 3.67. The molecule has 25 heavy (non-hydrogen) atoms. The van der Waals surface area contributed by atoms with Crippen molar-refractivity contribution in [3.63, 3.8) is 0 Å². The van der Waals surface area contributed by atoms with Gasteiger partial charge >= 0.3 is 12.1 Å². The number of ether oxygens (including phenoxy) is 2. The highest BCUT2D eigenvalue weighted by atomic mass is 79.9. The van der Waals surface area contributed by atoms with E-state index in [1.165, 1.54) is 6.42 Å². The van der Waals surface area contributed by atoms with E-state index in [1.807, 2.05) is 12.1 Å². The molecular weight excluding hydrogens is 386 g/mol. The average molecular weight is 410 g/mol. The molecule has 1 heterocycles. The van der Waals surface area contributed by atoms with Crippen molar-refractivity contribution in [3.8, 4) is 0 Å². The lowest BCUT2D eigenvalue weighted by atomic mass is 9.94. The van der Waals surface area contributed by atoms with Crippen molar-refractivity contribution in [2.45, 2.75) is 57.2 Å². The van der Waals surface area contributed by atoms with Crippen LogP contribution in [0.1, 0.15) is 55.3 Å². The molecule has 0 bridgehead atoms. The Morgan fingerprint density at radius 3 is 2.12 bits per heavy atom. The van der Waals surface area contributed by atoms with E-state index in [4.69, 9.17) is 9.47 Å². The smallest absolute Gasteiger partial charge is 0.410 e. The van der Waals surface area contributed by atoms with Gasteiger partial charge in [0.05, 0.1) is 5.56 Å². The van der Waals surface area contributed by atoms with Gasteiger partial charge in [0.15, 0.2) is 0 Å². The molecule has 1 saturated heterocycles. The molecule has 2 atom stereocenters. The number of benzene rings is 1. The summed E-state index contributed by atoms with van der Waals surface area (Å²) in [7, 11) is 0. The highest BCUT2D eigenvalue weighted by molar-refractivity contribution is 9.10. The maximum absolute atomic E-state index is 12.4. The van der Waals surface area contributed by atoms with Crippen molar-refractivity contribution in [2.24, 2.45) is 0 Å². The van der Waals surface area contributed by atoms with E-state index in [0.717, 1.165) is 56.1 Å². The van der Waals surface area contributed by atoms with Crippen molar-refractivity contribution < 1.29 is 19.1 Å². The van der Waals surface area contributed by atoms with Crippen LogP contribution in [-0.2, 0) is 9.47 Å². The molecule has 1 aliphatic carbocycles. The molecule has 0 aromatic heterocycles. The maximum atomic E-state index is 12.4. The van der Waals surface area contributed by atoms with Gasteiger partial charge in [-0.05, 0) is 69.2 Å². The number of piperidine rings is 1. The molecule has 0 N–H and O–H groups in total. The molecule has 0 unspecified atom stereocenters. The van der Waals surface area contributed by atoms with E-state index < -0.39 is 0 Å². The van der Waals surface area contributed by atoms with Gasteiger partial charge < -0.3 is 14.4 Å². The number of halogens is 1. The van der Waals surface area contributed by atoms with Crippen LogP contribution in [-0.4, -0.2) is 42.3 Å². The first-order valence-corrected chi connectivity index (χ1v) is 9.85. The summed E-state index contributed by atoms with van der Waals surface area (Å²) in [5.41, 5.74) is 0.509. The molecule has 3 rings (SSSR count). The number of rotatable bonds is 3. The van der Waals surface area contributed by atoms with Crippen LogP contribution in [0.2, 0.25) is 0 Å². The summed E-state index contributed by atoms with van der Waals surface area (Å²) in [5, 5.41) is 0. The summed E-state index contributed by atoms with van der Waals surface area (Å²) in [5.74, 6) is -0.363. The predicted octanol–water partition coefficient (Wildman–Crippen LogP) is 4.54. The van der Waals surface area contributed by atoms with Gasteiger partial charge in [0, 0.05) is 17.6 Å². The normalized spacial score (nSPS) is 23.8. The van der Waals surface area contributed by atoms with Crippen LogP contribution in [0, 0.1) is 0 Å². The van der Waals surface area contributed by atoms with Gasteiger partial charge in [-0.1, -0.05) is 15.9 Å². The van der Waals surface area contributed by atoms with Crippen molar-refractivity contribution in [1.29, 1.82) is 0 Å². The van der Waals surface area contributed by atoms with Gasteiger partial charge in [-0.25, -0.2) is 9.59 Å². The Labute approximate surface area is 156 Å². The number of esters is 1. The number of carbonyl (C=O) groups is 2. The summed E-state index contributed by atoms with van der Waals surface area (Å²) in [6, 6.07) is 7.07. The molecule has 6 heteroatoms. The van der Waals surface area contributed by atoms with Crippen molar-refractivity contribution in [1.82, 2.24) is 4.90 Å². The predicted molar refractivity (Wildman–Crippen MR) is 97.5 cm³/mol. The van der Waals surface area contributed by atoms with Crippen molar-refractivity contribution in [3.05, 3.63) is 34.3 Å². The Kier molecular flexibility index (Phi) is 6.34. The Balaban J connectivity index is 1.59. The lowest BCUT2D eigenvalue weighted by Gasteiger charge is -2.33. The SMILES string of the molecule is O=C(O[C@H]1CCCC[C@@H]1OC(=O)N1CCCCC1)c1ccc(Br)cc1. The van der Waals surface area contributed by atoms with Gasteiger partial charge in [0.25, 0.3) is 0 Å². The lowest BCUT2D eigenvalue weighted by molar-refractivity contribution is -0.0510. The average Bonchev–Trinajstić information content (AvgIpc) is 2.64. The van der Waals surface area contributed by atoms with Crippen molar-refractivity contribution >= 4 is 28.0 Å². The number of amides is 1. The van der Waals surface area contributed by atoms with Crippen LogP contribution in [0.25, 0.3) is 0 Å². The lowest BCUT2D eigenvalue weighted by Crippen LogP contribution is -2.43. The second kappa shape index (κ2) is 8.70. The molecule has 1 amide bonds. The standard InChI is InChI=1S/C19H24BrNO4/c20-15-10-8-14(9-11-15)18(22)24-16-6-2-3-7-17(16)25-19(23)21-12-4-1-5-13-21/h8-11,16-17H,1-7,12-13H2/t16-,17-/m0/s1. The fraction of sp³-hybridized carbons (Fsp3) is 0.579. The molecule has 136 valence electrons. The topological polar surface area (TPSA) is 55.8 Å². The van der Waals surface area contributed by atoms with E-state index in [-0.39, 0.29) is 24.3 Å².